The molecule has 1 atom stereocenters. The van der Waals surface area contributed by atoms with Crippen LogP contribution in [-0.4, -0.2) is 25.7 Å². The Hall–Kier alpha value is -1.53. The van der Waals surface area contributed by atoms with Crippen molar-refractivity contribution < 1.29 is 0 Å². The maximum atomic E-state index is 9.11. The van der Waals surface area contributed by atoms with Crippen molar-refractivity contribution in [3.63, 3.8) is 0 Å². The second-order valence-electron chi connectivity index (χ2n) is 4.43. The predicted octanol–water partition coefficient (Wildman–Crippen LogP) is 1.66. The Morgan fingerprint density at radius 3 is 3.00 bits per heavy atom. The van der Waals surface area contributed by atoms with Crippen LogP contribution in [0.15, 0.2) is 18.2 Å². The van der Waals surface area contributed by atoms with E-state index in [1.54, 1.807) is 0 Å². The second-order valence-corrected chi connectivity index (χ2v) is 4.43. The third kappa shape index (κ3) is 2.17. The largest absolute Gasteiger partial charge is 0.368 e. The fraction of sp³-hybridized carbons (Fsp3) is 0.462. The van der Waals surface area contributed by atoms with Crippen molar-refractivity contribution in [3.8, 4) is 6.07 Å². The topological polar surface area (TPSA) is 39.1 Å². The third-order valence-electron chi connectivity index (χ3n) is 2.98. The van der Waals surface area contributed by atoms with Crippen molar-refractivity contribution in [2.75, 3.05) is 24.5 Å². The Morgan fingerprint density at radius 1 is 1.50 bits per heavy atom. The first-order valence-electron chi connectivity index (χ1n) is 5.70. The van der Waals surface area contributed by atoms with E-state index in [9.17, 15) is 0 Å². The fourth-order valence-corrected chi connectivity index (χ4v) is 2.15. The average molecular weight is 215 g/mol. The number of hydrogen-bond donors (Lipinski definition) is 1. The second kappa shape index (κ2) is 4.54. The lowest BCUT2D eigenvalue weighted by Gasteiger charge is -2.34. The molecule has 0 saturated carbocycles. The summed E-state index contributed by atoms with van der Waals surface area (Å²) in [5.74, 6) is 0. The van der Waals surface area contributed by atoms with Gasteiger partial charge in [-0.05, 0) is 31.5 Å². The van der Waals surface area contributed by atoms with E-state index in [1.807, 2.05) is 12.1 Å². The van der Waals surface area contributed by atoms with E-state index >= 15 is 0 Å². The van der Waals surface area contributed by atoms with E-state index < -0.39 is 0 Å². The summed E-state index contributed by atoms with van der Waals surface area (Å²) < 4.78 is 0. The van der Waals surface area contributed by atoms with Crippen LogP contribution >= 0.6 is 0 Å². The number of piperazine rings is 1. The average Bonchev–Trinajstić information content (AvgIpc) is 2.29. The van der Waals surface area contributed by atoms with Gasteiger partial charge in [-0.2, -0.15) is 5.26 Å². The summed E-state index contributed by atoms with van der Waals surface area (Å²) in [7, 11) is 0. The summed E-state index contributed by atoms with van der Waals surface area (Å²) in [6.07, 6.45) is 0. The van der Waals surface area contributed by atoms with Gasteiger partial charge in [-0.15, -0.1) is 0 Å². The zero-order valence-corrected chi connectivity index (χ0v) is 9.83. The van der Waals surface area contributed by atoms with Gasteiger partial charge in [0.25, 0.3) is 0 Å². The molecule has 0 radical (unpaired) electrons. The first-order chi connectivity index (χ1) is 7.70. The number of rotatable bonds is 1. The summed E-state index contributed by atoms with van der Waals surface area (Å²) in [5.41, 5.74) is 3.07. The van der Waals surface area contributed by atoms with Crippen molar-refractivity contribution in [2.45, 2.75) is 19.9 Å². The van der Waals surface area contributed by atoms with Crippen LogP contribution in [0.5, 0.6) is 0 Å². The van der Waals surface area contributed by atoms with Gasteiger partial charge in [0.1, 0.15) is 6.07 Å². The highest BCUT2D eigenvalue weighted by Crippen LogP contribution is 2.22. The molecule has 0 spiro atoms. The molecule has 1 aliphatic heterocycles. The number of anilines is 1. The monoisotopic (exact) mass is 215 g/mol. The SMILES string of the molecule is Cc1ccc(C#N)c(N2CCN[C@@H](C)C2)c1. The summed E-state index contributed by atoms with van der Waals surface area (Å²) in [6, 6.07) is 8.78. The van der Waals surface area contributed by atoms with Crippen molar-refractivity contribution in [1.82, 2.24) is 5.32 Å². The Labute approximate surface area is 96.7 Å². The highest BCUT2D eigenvalue weighted by Gasteiger charge is 2.18. The van der Waals surface area contributed by atoms with Gasteiger partial charge in [-0.1, -0.05) is 6.07 Å². The molecule has 0 unspecified atom stereocenters. The lowest BCUT2D eigenvalue weighted by molar-refractivity contribution is 0.484. The van der Waals surface area contributed by atoms with Gasteiger partial charge in [0.2, 0.25) is 0 Å². The number of nitriles is 1. The summed E-state index contributed by atoms with van der Waals surface area (Å²) in [6.45, 7) is 7.17. The van der Waals surface area contributed by atoms with Gasteiger partial charge in [-0.25, -0.2) is 0 Å². The molecule has 2 rings (SSSR count). The van der Waals surface area contributed by atoms with Gasteiger partial charge in [0, 0.05) is 25.7 Å². The van der Waals surface area contributed by atoms with Gasteiger partial charge in [0.05, 0.1) is 11.3 Å². The van der Waals surface area contributed by atoms with E-state index in [0.717, 1.165) is 30.9 Å². The lowest BCUT2D eigenvalue weighted by atomic mass is 10.1. The smallest absolute Gasteiger partial charge is 0.101 e. The van der Waals surface area contributed by atoms with E-state index in [4.69, 9.17) is 5.26 Å². The molecule has 3 nitrogen and oxygen atoms in total. The molecule has 0 aliphatic carbocycles. The van der Waals surface area contributed by atoms with Gasteiger partial charge >= 0.3 is 0 Å². The number of aryl methyl sites for hydroxylation is 1. The molecule has 1 aromatic carbocycles. The van der Waals surface area contributed by atoms with E-state index in [-0.39, 0.29) is 0 Å². The maximum absolute atomic E-state index is 9.11. The first kappa shape index (κ1) is 11.0. The molecule has 16 heavy (non-hydrogen) atoms. The van der Waals surface area contributed by atoms with E-state index in [0.29, 0.717) is 6.04 Å². The Morgan fingerprint density at radius 2 is 2.31 bits per heavy atom. The van der Waals surface area contributed by atoms with Crippen LogP contribution in [0.4, 0.5) is 5.69 Å². The fourth-order valence-electron chi connectivity index (χ4n) is 2.15. The number of hydrogen-bond acceptors (Lipinski definition) is 3. The number of nitrogens with one attached hydrogen (secondary N) is 1. The molecule has 1 N–H and O–H groups in total. The maximum Gasteiger partial charge on any atom is 0.101 e. The van der Waals surface area contributed by atoms with Gasteiger partial charge < -0.3 is 10.2 Å². The Kier molecular flexibility index (Phi) is 3.12. The molecule has 0 amide bonds. The molecular weight excluding hydrogens is 198 g/mol. The first-order valence-corrected chi connectivity index (χ1v) is 5.70. The molecule has 1 aromatic rings. The van der Waals surface area contributed by atoms with Crippen LogP contribution in [0.2, 0.25) is 0 Å². The minimum atomic E-state index is 0.487. The van der Waals surface area contributed by atoms with Crippen molar-refractivity contribution in [2.24, 2.45) is 0 Å². The van der Waals surface area contributed by atoms with Crippen LogP contribution < -0.4 is 10.2 Å². The summed E-state index contributed by atoms with van der Waals surface area (Å²) in [5, 5.41) is 12.5. The van der Waals surface area contributed by atoms with Crippen molar-refractivity contribution in [1.29, 1.82) is 5.26 Å². The van der Waals surface area contributed by atoms with Gasteiger partial charge in [-0.3, -0.25) is 0 Å². The minimum absolute atomic E-state index is 0.487. The molecule has 0 bridgehead atoms. The molecular formula is C13H17N3. The zero-order valence-electron chi connectivity index (χ0n) is 9.83. The highest BCUT2D eigenvalue weighted by atomic mass is 15.2. The van der Waals surface area contributed by atoms with Crippen LogP contribution in [-0.2, 0) is 0 Å². The van der Waals surface area contributed by atoms with Crippen LogP contribution in [0, 0.1) is 18.3 Å². The molecule has 1 saturated heterocycles. The molecule has 1 aliphatic rings. The minimum Gasteiger partial charge on any atom is -0.368 e. The van der Waals surface area contributed by atoms with Crippen molar-refractivity contribution >= 4 is 5.69 Å². The Bertz CT molecular complexity index is 420. The van der Waals surface area contributed by atoms with Crippen LogP contribution in [0.3, 0.4) is 0 Å². The molecule has 0 aromatic heterocycles. The summed E-state index contributed by atoms with van der Waals surface area (Å²) in [4.78, 5) is 2.30. The highest BCUT2D eigenvalue weighted by molar-refractivity contribution is 5.61. The quantitative estimate of drug-likeness (QED) is 0.774. The lowest BCUT2D eigenvalue weighted by Crippen LogP contribution is -2.49. The van der Waals surface area contributed by atoms with Crippen LogP contribution in [0.1, 0.15) is 18.1 Å². The Balaban J connectivity index is 2.31. The number of nitrogens with zero attached hydrogens (tertiary/aromatic N) is 2. The van der Waals surface area contributed by atoms with Crippen molar-refractivity contribution in [3.05, 3.63) is 29.3 Å². The molecule has 1 fully saturated rings. The normalized spacial score (nSPS) is 20.6. The summed E-state index contributed by atoms with van der Waals surface area (Å²) >= 11 is 0. The zero-order chi connectivity index (χ0) is 11.5. The number of benzene rings is 1. The molecule has 3 heteroatoms. The predicted molar refractivity (Wildman–Crippen MR) is 65.6 cm³/mol. The molecule has 1 heterocycles. The standard InChI is InChI=1S/C13H17N3/c1-10-3-4-12(8-14)13(7-10)16-6-5-15-11(2)9-16/h3-4,7,11,15H,5-6,9H2,1-2H3/t11-/m0/s1. The van der Waals surface area contributed by atoms with Crippen LogP contribution in [0.25, 0.3) is 0 Å². The van der Waals surface area contributed by atoms with E-state index in [1.165, 1.54) is 5.56 Å². The third-order valence-corrected chi connectivity index (χ3v) is 2.98. The molecule has 84 valence electrons. The van der Waals surface area contributed by atoms with E-state index in [2.05, 4.69) is 36.2 Å². The van der Waals surface area contributed by atoms with Gasteiger partial charge in [0.15, 0.2) is 0 Å².